The van der Waals surface area contributed by atoms with Crippen molar-refractivity contribution in [2.45, 2.75) is 37.8 Å². The van der Waals surface area contributed by atoms with E-state index in [1.165, 1.54) is 24.3 Å². The summed E-state index contributed by atoms with van der Waals surface area (Å²) >= 11 is 0. The van der Waals surface area contributed by atoms with E-state index in [4.69, 9.17) is 18.9 Å². The molecule has 6 aromatic carbocycles. The lowest BCUT2D eigenvalue weighted by atomic mass is 9.93. The molecule has 0 saturated carbocycles. The van der Waals surface area contributed by atoms with Gasteiger partial charge in [-0.2, -0.15) is 0 Å². The summed E-state index contributed by atoms with van der Waals surface area (Å²) in [4.78, 5) is 67.0. The predicted octanol–water partition coefficient (Wildman–Crippen LogP) is 7.49. The van der Waals surface area contributed by atoms with Gasteiger partial charge in [0.25, 0.3) is 0 Å². The summed E-state index contributed by atoms with van der Waals surface area (Å²) in [6, 6.07) is 43.5. The van der Waals surface area contributed by atoms with Gasteiger partial charge in [-0.1, -0.05) is 133 Å². The minimum atomic E-state index is -0.976. The molecule has 2 unspecified atom stereocenters. The second kappa shape index (κ2) is 22.5. The fourth-order valence-electron chi connectivity index (χ4n) is 6.53. The number of carbonyl (C=O) groups is 5. The zero-order valence-electron chi connectivity index (χ0n) is 33.6. The van der Waals surface area contributed by atoms with Crippen molar-refractivity contribution in [3.63, 3.8) is 0 Å². The minimum absolute atomic E-state index is 0. The van der Waals surface area contributed by atoms with Crippen LogP contribution >= 0.6 is 12.4 Å². The highest BCUT2D eigenvalue weighted by Gasteiger charge is 2.30. The summed E-state index contributed by atoms with van der Waals surface area (Å²) in [7, 11) is 3.21. The highest BCUT2D eigenvalue weighted by Crippen LogP contribution is 2.36. The molecule has 11 nitrogen and oxygen atoms in total. The quantitative estimate of drug-likeness (QED) is 0.0656. The molecular formula is C49H45ClN2O9. The van der Waals surface area contributed by atoms with Crippen molar-refractivity contribution in [1.82, 2.24) is 10.6 Å². The van der Waals surface area contributed by atoms with Crippen molar-refractivity contribution in [2.75, 3.05) is 14.1 Å². The number of hydrogen-bond donors (Lipinski definition) is 2. The first-order chi connectivity index (χ1) is 29.2. The summed E-state index contributed by atoms with van der Waals surface area (Å²) in [5.41, 5.74) is 3.76. The first-order valence-corrected chi connectivity index (χ1v) is 19.3. The molecule has 2 N–H and O–H groups in total. The molecule has 6 rings (SSSR count). The van der Waals surface area contributed by atoms with E-state index in [0.717, 1.165) is 22.3 Å². The van der Waals surface area contributed by atoms with Gasteiger partial charge < -0.3 is 29.6 Å². The number of carbonyl (C=O) groups excluding carboxylic acids is 5. The van der Waals surface area contributed by atoms with Gasteiger partial charge in [0.05, 0.1) is 37.8 Å². The molecular weight excluding hydrogens is 796 g/mol. The molecule has 61 heavy (non-hydrogen) atoms. The van der Waals surface area contributed by atoms with Gasteiger partial charge in [-0.05, 0) is 71.7 Å². The third-order valence-electron chi connectivity index (χ3n) is 9.41. The average molecular weight is 841 g/mol. The molecule has 6 aromatic rings. The lowest BCUT2D eigenvalue weighted by Gasteiger charge is -2.24. The predicted molar refractivity (Wildman–Crippen MR) is 232 cm³/mol. The van der Waals surface area contributed by atoms with E-state index in [1.54, 1.807) is 74.8 Å². The van der Waals surface area contributed by atoms with E-state index in [-0.39, 0.29) is 66.9 Å². The smallest absolute Gasteiger partial charge is 0.315 e. The number of hydrogen-bond acceptors (Lipinski definition) is 11. The normalized spacial score (nSPS) is 11.6. The molecule has 2 atom stereocenters. The Morgan fingerprint density at radius 1 is 0.393 bits per heavy atom. The maximum atomic E-state index is 14.5. The minimum Gasteiger partial charge on any atom is -0.422 e. The third kappa shape index (κ3) is 13.0. The van der Waals surface area contributed by atoms with Crippen LogP contribution in [0.3, 0.4) is 0 Å². The van der Waals surface area contributed by atoms with Crippen molar-refractivity contribution >= 4 is 42.1 Å². The first-order valence-electron chi connectivity index (χ1n) is 19.3. The van der Waals surface area contributed by atoms with E-state index in [9.17, 15) is 24.0 Å². The fourth-order valence-corrected chi connectivity index (χ4v) is 6.53. The number of esters is 4. The Labute approximate surface area is 360 Å². The molecule has 0 saturated heterocycles. The van der Waals surface area contributed by atoms with Crippen LogP contribution in [0.2, 0.25) is 0 Å². The highest BCUT2D eigenvalue weighted by atomic mass is 35.5. The molecule has 0 aliphatic heterocycles. The van der Waals surface area contributed by atoms with Crippen molar-refractivity contribution < 1.29 is 42.9 Å². The molecule has 0 spiro atoms. The Kier molecular flexibility index (Phi) is 16.6. The largest absolute Gasteiger partial charge is 0.422 e. The Hall–Kier alpha value is -6.92. The van der Waals surface area contributed by atoms with Gasteiger partial charge in [0.15, 0.2) is 28.8 Å². The van der Waals surface area contributed by atoms with Crippen LogP contribution in [0.1, 0.15) is 45.5 Å². The summed E-state index contributed by atoms with van der Waals surface area (Å²) in [6.07, 6.45) is -0.130. The highest BCUT2D eigenvalue weighted by molar-refractivity contribution is 5.92. The van der Waals surface area contributed by atoms with Gasteiger partial charge in [-0.15, -0.1) is 12.4 Å². The van der Waals surface area contributed by atoms with Crippen LogP contribution in [0, 0.1) is 0 Å². The first kappa shape index (κ1) is 45.2. The fraction of sp³-hybridized carbons (Fsp3) is 0.163. The monoisotopic (exact) mass is 840 g/mol. The molecule has 0 heterocycles. The SMILES string of the molecule is CNC(C(=O)C(NC)c1ccc(OC(=O)Cc2ccccc2)c(OC(=O)Cc2ccccc2)c1)c1ccc(OC(=O)Cc2ccccc2)c(OC(=O)Cc2ccccc2)c1.Cl. The van der Waals surface area contributed by atoms with Gasteiger partial charge in [0.2, 0.25) is 0 Å². The zero-order chi connectivity index (χ0) is 42.3. The number of Topliss-reactive ketones (excluding diaryl/α,β-unsaturated/α-hetero) is 1. The number of likely N-dealkylation sites (N-methyl/N-ethyl adjacent to an activating group) is 2. The van der Waals surface area contributed by atoms with Crippen molar-refractivity contribution in [1.29, 1.82) is 0 Å². The summed E-state index contributed by atoms with van der Waals surface area (Å²) in [5, 5.41) is 6.12. The Balaban J connectivity index is 0.00000704. The molecule has 312 valence electrons. The van der Waals surface area contributed by atoms with Crippen LogP contribution in [-0.4, -0.2) is 43.8 Å². The van der Waals surface area contributed by atoms with E-state index >= 15 is 0 Å². The number of ketones is 1. The van der Waals surface area contributed by atoms with Gasteiger partial charge in [-0.25, -0.2) is 0 Å². The summed E-state index contributed by atoms with van der Waals surface area (Å²) in [6.45, 7) is 0. The van der Waals surface area contributed by atoms with Gasteiger partial charge in [0, 0.05) is 0 Å². The van der Waals surface area contributed by atoms with Gasteiger partial charge in [0.1, 0.15) is 0 Å². The number of rotatable bonds is 18. The summed E-state index contributed by atoms with van der Waals surface area (Å²) in [5.74, 6) is -2.76. The standard InChI is InChI=1S/C49H44N2O9.ClH/c1-50-47(37-23-25-39(57-43(52)27-33-15-7-3-8-16-33)41(31-37)59-45(54)29-35-19-11-5-12-20-35)49(56)48(51-2)38-24-26-40(58-44(53)28-34-17-9-4-10-18-34)42(32-38)60-46(55)30-36-21-13-6-14-22-36;/h3-26,31-32,47-48,50-51H,27-30H2,1-2H3;1H. The van der Waals surface area contributed by atoms with Crippen LogP contribution in [0.25, 0.3) is 0 Å². The lowest BCUT2D eigenvalue weighted by molar-refractivity contribution is -0.136. The molecule has 0 bridgehead atoms. The number of halogens is 1. The number of benzene rings is 6. The number of nitrogens with one attached hydrogen (secondary N) is 2. The van der Waals surface area contributed by atoms with Gasteiger partial charge in [-0.3, -0.25) is 24.0 Å². The molecule has 0 fully saturated rings. The van der Waals surface area contributed by atoms with E-state index < -0.39 is 36.0 Å². The molecule has 0 radical (unpaired) electrons. The average Bonchev–Trinajstić information content (AvgIpc) is 3.24. The van der Waals surface area contributed by atoms with E-state index in [2.05, 4.69) is 10.6 Å². The Bertz CT molecular complexity index is 2250. The topological polar surface area (TPSA) is 146 Å². The van der Waals surface area contributed by atoms with Gasteiger partial charge >= 0.3 is 23.9 Å². The van der Waals surface area contributed by atoms with Crippen LogP contribution in [0.15, 0.2) is 158 Å². The maximum absolute atomic E-state index is 14.5. The van der Waals surface area contributed by atoms with Crippen molar-refractivity contribution in [2.24, 2.45) is 0 Å². The van der Waals surface area contributed by atoms with Crippen LogP contribution in [-0.2, 0) is 49.7 Å². The van der Waals surface area contributed by atoms with E-state index in [0.29, 0.717) is 11.1 Å². The third-order valence-corrected chi connectivity index (χ3v) is 9.41. The summed E-state index contributed by atoms with van der Waals surface area (Å²) < 4.78 is 23.0. The number of ether oxygens (including phenoxy) is 4. The zero-order valence-corrected chi connectivity index (χ0v) is 34.4. The molecule has 0 aromatic heterocycles. The maximum Gasteiger partial charge on any atom is 0.315 e. The molecule has 0 aliphatic carbocycles. The van der Waals surface area contributed by atoms with Crippen molar-refractivity contribution in [3.8, 4) is 23.0 Å². The molecule has 0 amide bonds. The van der Waals surface area contributed by atoms with Crippen LogP contribution in [0.4, 0.5) is 0 Å². The lowest BCUT2D eigenvalue weighted by Crippen LogP contribution is -2.35. The Morgan fingerprint density at radius 3 is 0.918 bits per heavy atom. The second-order valence-corrected chi connectivity index (χ2v) is 13.8. The second-order valence-electron chi connectivity index (χ2n) is 13.8. The van der Waals surface area contributed by atoms with Crippen molar-refractivity contribution in [3.05, 3.63) is 191 Å². The van der Waals surface area contributed by atoms with E-state index in [1.807, 2.05) is 72.8 Å². The van der Waals surface area contributed by atoms with Crippen LogP contribution in [0.5, 0.6) is 23.0 Å². The Morgan fingerprint density at radius 2 is 0.656 bits per heavy atom. The molecule has 0 aliphatic rings. The molecule has 12 heteroatoms. The van der Waals surface area contributed by atoms with Crippen LogP contribution < -0.4 is 29.6 Å².